The zero-order valence-corrected chi connectivity index (χ0v) is 13.9. The van der Waals surface area contributed by atoms with E-state index in [9.17, 15) is 9.59 Å². The molecule has 0 unspecified atom stereocenters. The number of nitrogens with zero attached hydrogens (tertiary/aromatic N) is 2. The molecule has 0 aliphatic carbocycles. The molecule has 1 aromatic heterocycles. The van der Waals surface area contributed by atoms with Crippen molar-refractivity contribution in [2.45, 2.75) is 13.5 Å². The van der Waals surface area contributed by atoms with Crippen LogP contribution in [0, 0.1) is 18.3 Å². The average Bonchev–Trinajstić information content (AvgIpc) is 3.06. The number of imide groups is 1. The zero-order valence-electron chi connectivity index (χ0n) is 12.3. The molecule has 0 saturated carbocycles. The van der Waals surface area contributed by atoms with Gasteiger partial charge in [0.15, 0.2) is 0 Å². The highest BCUT2D eigenvalue weighted by Gasteiger charge is 2.35. The number of thioether (sulfide) groups is 1. The highest BCUT2D eigenvalue weighted by molar-refractivity contribution is 8.18. The topological polar surface area (TPSA) is 61.2 Å². The van der Waals surface area contributed by atoms with Crippen molar-refractivity contribution in [1.29, 1.82) is 5.26 Å². The zero-order chi connectivity index (χ0) is 16.4. The summed E-state index contributed by atoms with van der Waals surface area (Å²) in [7, 11) is 0. The van der Waals surface area contributed by atoms with Crippen LogP contribution < -0.4 is 0 Å². The van der Waals surface area contributed by atoms with Gasteiger partial charge in [-0.05, 0) is 48.5 Å². The first-order valence-electron chi connectivity index (χ1n) is 6.88. The molecule has 0 spiro atoms. The molecule has 0 radical (unpaired) electrons. The maximum absolute atomic E-state index is 12.5. The monoisotopic (exact) mass is 340 g/mol. The minimum atomic E-state index is -0.307. The maximum Gasteiger partial charge on any atom is 0.293 e. The van der Waals surface area contributed by atoms with Crippen LogP contribution in [-0.4, -0.2) is 16.0 Å². The lowest BCUT2D eigenvalue weighted by molar-refractivity contribution is -0.123. The first-order valence-corrected chi connectivity index (χ1v) is 8.51. The van der Waals surface area contributed by atoms with Crippen molar-refractivity contribution >= 4 is 40.3 Å². The third kappa shape index (κ3) is 3.21. The van der Waals surface area contributed by atoms with E-state index in [-0.39, 0.29) is 17.7 Å². The van der Waals surface area contributed by atoms with E-state index in [1.54, 1.807) is 41.7 Å². The second-order valence-electron chi connectivity index (χ2n) is 4.99. The van der Waals surface area contributed by atoms with Crippen LogP contribution in [0.1, 0.15) is 20.9 Å². The van der Waals surface area contributed by atoms with Crippen molar-refractivity contribution in [1.82, 2.24) is 4.90 Å². The van der Waals surface area contributed by atoms with E-state index in [0.29, 0.717) is 16.0 Å². The largest absolute Gasteiger partial charge is 0.293 e. The minimum Gasteiger partial charge on any atom is -0.268 e. The SMILES string of the molecule is Cc1ccc(/C=C2/SC(=O)N(Cc3ccccc3C#N)C2=O)s1. The van der Waals surface area contributed by atoms with Crippen molar-refractivity contribution in [3.63, 3.8) is 0 Å². The van der Waals surface area contributed by atoms with Crippen LogP contribution in [0.25, 0.3) is 6.08 Å². The number of benzene rings is 1. The van der Waals surface area contributed by atoms with Crippen LogP contribution >= 0.6 is 23.1 Å². The Balaban J connectivity index is 1.85. The lowest BCUT2D eigenvalue weighted by Gasteiger charge is -2.13. The van der Waals surface area contributed by atoms with Crippen molar-refractivity contribution in [2.75, 3.05) is 0 Å². The molecule has 6 heteroatoms. The lowest BCUT2D eigenvalue weighted by atomic mass is 10.1. The van der Waals surface area contributed by atoms with Gasteiger partial charge in [-0.1, -0.05) is 18.2 Å². The van der Waals surface area contributed by atoms with Gasteiger partial charge in [0, 0.05) is 9.75 Å². The number of carbonyl (C=O) groups is 2. The molecule has 2 heterocycles. The van der Waals surface area contributed by atoms with E-state index in [4.69, 9.17) is 5.26 Å². The summed E-state index contributed by atoms with van der Waals surface area (Å²) in [5.41, 5.74) is 1.15. The third-order valence-electron chi connectivity index (χ3n) is 3.37. The van der Waals surface area contributed by atoms with Crippen molar-refractivity contribution in [3.05, 3.63) is 62.2 Å². The molecule has 0 bridgehead atoms. The van der Waals surface area contributed by atoms with Crippen LogP contribution in [0.4, 0.5) is 4.79 Å². The lowest BCUT2D eigenvalue weighted by Crippen LogP contribution is -2.27. The molecule has 1 aromatic carbocycles. The molecule has 2 amide bonds. The molecule has 2 aromatic rings. The summed E-state index contributed by atoms with van der Waals surface area (Å²) >= 11 is 2.52. The second-order valence-corrected chi connectivity index (χ2v) is 7.30. The van der Waals surface area contributed by atoms with E-state index < -0.39 is 0 Å². The van der Waals surface area contributed by atoms with Crippen molar-refractivity contribution in [2.24, 2.45) is 0 Å². The van der Waals surface area contributed by atoms with E-state index in [1.165, 1.54) is 4.90 Å². The van der Waals surface area contributed by atoms with Gasteiger partial charge in [-0.3, -0.25) is 14.5 Å². The molecular weight excluding hydrogens is 328 g/mol. The van der Waals surface area contributed by atoms with Crippen LogP contribution in [-0.2, 0) is 11.3 Å². The standard InChI is InChI=1S/C17H12N2O2S2/c1-11-6-7-14(22-11)8-15-16(20)19(17(21)23-15)10-13-5-3-2-4-12(13)9-18/h2-8H,10H2,1H3/b15-8+. The molecule has 114 valence electrons. The molecule has 23 heavy (non-hydrogen) atoms. The Bertz CT molecular complexity index is 861. The predicted octanol–water partition coefficient (Wildman–Crippen LogP) is 4.16. The molecular formula is C17H12N2O2S2. The molecule has 4 nitrogen and oxygen atoms in total. The molecule has 1 saturated heterocycles. The summed E-state index contributed by atoms with van der Waals surface area (Å²) in [6.07, 6.45) is 1.75. The highest BCUT2D eigenvalue weighted by Crippen LogP contribution is 2.34. The van der Waals surface area contributed by atoms with Crippen LogP contribution in [0.2, 0.25) is 0 Å². The van der Waals surface area contributed by atoms with E-state index >= 15 is 0 Å². The Morgan fingerprint density at radius 3 is 2.70 bits per heavy atom. The van der Waals surface area contributed by atoms with E-state index in [1.807, 2.05) is 19.1 Å². The van der Waals surface area contributed by atoms with Crippen LogP contribution in [0.5, 0.6) is 0 Å². The summed E-state index contributed by atoms with van der Waals surface area (Å²) in [5, 5.41) is 8.82. The Hall–Kier alpha value is -2.36. The summed E-state index contributed by atoms with van der Waals surface area (Å²) in [4.78, 5) is 28.3. The van der Waals surface area contributed by atoms with Gasteiger partial charge in [0.05, 0.1) is 23.1 Å². The number of nitriles is 1. The average molecular weight is 340 g/mol. The van der Waals surface area contributed by atoms with Gasteiger partial charge < -0.3 is 0 Å². The van der Waals surface area contributed by atoms with Gasteiger partial charge in [-0.2, -0.15) is 5.26 Å². The number of hydrogen-bond donors (Lipinski definition) is 0. The third-order valence-corrected chi connectivity index (χ3v) is 5.23. The maximum atomic E-state index is 12.5. The summed E-state index contributed by atoms with van der Waals surface area (Å²) in [6, 6.07) is 13.0. The summed E-state index contributed by atoms with van der Waals surface area (Å²) in [6.45, 7) is 2.11. The number of thiophene rings is 1. The Labute approximate surface area is 142 Å². The van der Waals surface area contributed by atoms with E-state index in [0.717, 1.165) is 21.5 Å². The smallest absolute Gasteiger partial charge is 0.268 e. The molecule has 3 rings (SSSR count). The number of carbonyl (C=O) groups excluding carboxylic acids is 2. The van der Waals surface area contributed by atoms with Crippen molar-refractivity contribution < 1.29 is 9.59 Å². The normalized spacial score (nSPS) is 16.2. The van der Waals surface area contributed by atoms with Gasteiger partial charge >= 0.3 is 0 Å². The van der Waals surface area contributed by atoms with E-state index in [2.05, 4.69) is 6.07 Å². The number of rotatable bonds is 3. The molecule has 0 N–H and O–H groups in total. The number of aryl methyl sites for hydroxylation is 1. The van der Waals surface area contributed by atoms with Gasteiger partial charge in [0.2, 0.25) is 0 Å². The summed E-state index contributed by atoms with van der Waals surface area (Å²) < 4.78 is 0. The Kier molecular flexibility index (Phi) is 4.33. The minimum absolute atomic E-state index is 0.120. The fraction of sp³-hybridized carbons (Fsp3) is 0.118. The number of hydrogen-bond acceptors (Lipinski definition) is 5. The molecule has 1 aliphatic rings. The van der Waals surface area contributed by atoms with Crippen LogP contribution in [0.3, 0.4) is 0 Å². The van der Waals surface area contributed by atoms with Gasteiger partial charge in [0.25, 0.3) is 11.1 Å². The fourth-order valence-corrected chi connectivity index (χ4v) is 3.96. The van der Waals surface area contributed by atoms with Crippen molar-refractivity contribution in [3.8, 4) is 6.07 Å². The first-order chi connectivity index (χ1) is 11.1. The molecule has 0 atom stereocenters. The Morgan fingerprint density at radius 1 is 1.22 bits per heavy atom. The van der Waals surface area contributed by atoms with Gasteiger partial charge in [-0.15, -0.1) is 11.3 Å². The quantitative estimate of drug-likeness (QED) is 0.787. The van der Waals surface area contributed by atoms with Gasteiger partial charge in [-0.25, -0.2) is 0 Å². The molecule has 1 aliphatic heterocycles. The fourth-order valence-electron chi connectivity index (χ4n) is 2.23. The molecule has 1 fully saturated rings. The number of amides is 2. The predicted molar refractivity (Wildman–Crippen MR) is 91.7 cm³/mol. The Morgan fingerprint density at radius 2 is 2.00 bits per heavy atom. The second kappa shape index (κ2) is 6.41. The summed E-state index contributed by atoms with van der Waals surface area (Å²) in [5.74, 6) is -0.307. The highest BCUT2D eigenvalue weighted by atomic mass is 32.2. The first kappa shape index (κ1) is 15.5. The van der Waals surface area contributed by atoms with Crippen LogP contribution in [0.15, 0.2) is 41.3 Å². The van der Waals surface area contributed by atoms with Gasteiger partial charge in [0.1, 0.15) is 0 Å².